The molecule has 90 valence electrons. The van der Waals surface area contributed by atoms with Crippen LogP contribution in [-0.2, 0) is 0 Å². The Labute approximate surface area is 104 Å². The third-order valence-corrected chi connectivity index (χ3v) is 2.21. The van der Waals surface area contributed by atoms with Crippen molar-refractivity contribution in [3.05, 3.63) is 30.3 Å². The lowest BCUT2D eigenvalue weighted by Crippen LogP contribution is -2.06. The van der Waals surface area contributed by atoms with Crippen molar-refractivity contribution < 1.29 is 15.0 Å². The predicted octanol–water partition coefficient (Wildman–Crippen LogP) is 2.60. The van der Waals surface area contributed by atoms with Crippen LogP contribution >= 0.6 is 23.2 Å². The fourth-order valence-electron chi connectivity index (χ4n) is 0.694. The highest BCUT2D eigenvalue weighted by Gasteiger charge is 1.95. The van der Waals surface area contributed by atoms with Gasteiger partial charge in [-0.15, -0.1) is 23.2 Å². The Kier molecular flexibility index (Phi) is 8.71. The minimum Gasteiger partial charge on any atom is -0.465 e. The zero-order valence-corrected chi connectivity index (χ0v) is 9.95. The van der Waals surface area contributed by atoms with Gasteiger partial charge in [0.25, 0.3) is 0 Å². The van der Waals surface area contributed by atoms with E-state index in [2.05, 4.69) is 5.32 Å². The number of para-hydroxylation sites is 1. The summed E-state index contributed by atoms with van der Waals surface area (Å²) in [5.74, 6) is 0.318. The number of aliphatic hydroxyl groups is 1. The molecule has 6 heteroatoms. The topological polar surface area (TPSA) is 69.6 Å². The lowest BCUT2D eigenvalue weighted by atomic mass is 10.3. The van der Waals surface area contributed by atoms with Gasteiger partial charge in [0.2, 0.25) is 0 Å². The van der Waals surface area contributed by atoms with Crippen molar-refractivity contribution in [1.82, 2.24) is 0 Å². The normalized spacial score (nSPS) is 10.9. The van der Waals surface area contributed by atoms with Gasteiger partial charge in [-0.2, -0.15) is 0 Å². The van der Waals surface area contributed by atoms with Crippen LogP contribution in [0.25, 0.3) is 0 Å². The summed E-state index contributed by atoms with van der Waals surface area (Å²) in [6.07, 6.45) is -1.04. The summed E-state index contributed by atoms with van der Waals surface area (Å²) in [4.78, 5) is 10.1. The Morgan fingerprint density at radius 3 is 2.25 bits per heavy atom. The van der Waals surface area contributed by atoms with E-state index in [1.165, 1.54) is 0 Å². The van der Waals surface area contributed by atoms with Crippen LogP contribution in [0.15, 0.2) is 30.3 Å². The zero-order chi connectivity index (χ0) is 12.4. The third-order valence-electron chi connectivity index (χ3n) is 1.39. The van der Waals surface area contributed by atoms with Crippen molar-refractivity contribution in [2.75, 3.05) is 17.8 Å². The van der Waals surface area contributed by atoms with E-state index in [1.54, 1.807) is 24.3 Å². The van der Waals surface area contributed by atoms with Crippen LogP contribution in [0.1, 0.15) is 0 Å². The molecule has 16 heavy (non-hydrogen) atoms. The molecule has 0 aliphatic heterocycles. The van der Waals surface area contributed by atoms with Gasteiger partial charge >= 0.3 is 6.09 Å². The van der Waals surface area contributed by atoms with Crippen LogP contribution in [0.3, 0.4) is 0 Å². The number of aliphatic hydroxyl groups excluding tert-OH is 1. The summed E-state index contributed by atoms with van der Waals surface area (Å²) in [7, 11) is 0. The number of benzene rings is 1. The highest BCUT2D eigenvalue weighted by atomic mass is 35.5. The van der Waals surface area contributed by atoms with E-state index in [4.69, 9.17) is 33.4 Å². The average molecular weight is 266 g/mol. The summed E-state index contributed by atoms with van der Waals surface area (Å²) in [6, 6.07) is 8.74. The van der Waals surface area contributed by atoms with Crippen molar-refractivity contribution in [2.24, 2.45) is 0 Å². The molecule has 0 aromatic heterocycles. The van der Waals surface area contributed by atoms with Gasteiger partial charge in [0.15, 0.2) is 0 Å². The van der Waals surface area contributed by atoms with Crippen LogP contribution in [0.4, 0.5) is 10.5 Å². The molecule has 0 bridgehead atoms. The standard InChI is InChI=1S/C7H7NO2.C3H6Cl2O/c9-7(10)8-6-4-2-1-3-5-6;4-1-3(5)2-6/h1-5,8H,(H,9,10);3,6H,1-2H2. The number of carboxylic acid groups (broad SMARTS) is 1. The van der Waals surface area contributed by atoms with Gasteiger partial charge in [-0.3, -0.25) is 5.32 Å². The molecule has 0 aliphatic carbocycles. The molecule has 3 N–H and O–H groups in total. The number of hydrogen-bond acceptors (Lipinski definition) is 2. The number of anilines is 1. The Bertz CT molecular complexity index is 291. The molecule has 0 saturated carbocycles. The number of hydrogen-bond donors (Lipinski definition) is 3. The monoisotopic (exact) mass is 265 g/mol. The maximum atomic E-state index is 10.1. The van der Waals surface area contributed by atoms with E-state index in [1.807, 2.05) is 6.07 Å². The lowest BCUT2D eigenvalue weighted by Gasteiger charge is -1.96. The van der Waals surface area contributed by atoms with Gasteiger partial charge in [0.05, 0.1) is 12.0 Å². The second kappa shape index (κ2) is 9.27. The van der Waals surface area contributed by atoms with Gasteiger partial charge < -0.3 is 10.2 Å². The minimum atomic E-state index is -1.04. The fourth-order valence-corrected chi connectivity index (χ4v) is 0.791. The van der Waals surface area contributed by atoms with E-state index in [9.17, 15) is 4.79 Å². The van der Waals surface area contributed by atoms with Crippen molar-refractivity contribution in [1.29, 1.82) is 0 Å². The van der Waals surface area contributed by atoms with Gasteiger partial charge in [-0.25, -0.2) is 4.79 Å². The maximum absolute atomic E-state index is 10.1. The lowest BCUT2D eigenvalue weighted by molar-refractivity contribution is 0.210. The first kappa shape index (κ1) is 15.0. The highest BCUT2D eigenvalue weighted by molar-refractivity contribution is 6.28. The first-order valence-electron chi connectivity index (χ1n) is 4.46. The molecule has 0 heterocycles. The molecular weight excluding hydrogens is 253 g/mol. The van der Waals surface area contributed by atoms with Crippen LogP contribution in [0.5, 0.6) is 0 Å². The molecule has 0 saturated heterocycles. The van der Waals surface area contributed by atoms with E-state index >= 15 is 0 Å². The van der Waals surface area contributed by atoms with Gasteiger partial charge in [-0.05, 0) is 12.1 Å². The number of nitrogens with one attached hydrogen (secondary N) is 1. The molecule has 1 rings (SSSR count). The van der Waals surface area contributed by atoms with E-state index < -0.39 is 6.09 Å². The summed E-state index contributed by atoms with van der Waals surface area (Å²) in [5, 5.41) is 18.3. The van der Waals surface area contributed by atoms with Gasteiger partial charge in [-0.1, -0.05) is 18.2 Å². The molecule has 1 atom stereocenters. The van der Waals surface area contributed by atoms with Gasteiger partial charge in [0, 0.05) is 11.6 Å². The largest absolute Gasteiger partial charge is 0.465 e. The van der Waals surface area contributed by atoms with Crippen LogP contribution in [0, 0.1) is 0 Å². The molecule has 4 nitrogen and oxygen atoms in total. The number of amides is 1. The molecule has 0 fully saturated rings. The Hall–Kier alpha value is -0.970. The zero-order valence-electron chi connectivity index (χ0n) is 8.44. The van der Waals surface area contributed by atoms with Gasteiger partial charge in [0.1, 0.15) is 0 Å². The van der Waals surface area contributed by atoms with Crippen LogP contribution in [-0.4, -0.2) is 34.2 Å². The number of alkyl halides is 2. The first-order valence-corrected chi connectivity index (χ1v) is 5.43. The number of halogens is 2. The van der Waals surface area contributed by atoms with Crippen molar-refractivity contribution >= 4 is 35.0 Å². The Morgan fingerprint density at radius 2 is 1.94 bits per heavy atom. The smallest absolute Gasteiger partial charge is 0.409 e. The average Bonchev–Trinajstić information content (AvgIpc) is 2.29. The van der Waals surface area contributed by atoms with E-state index in [0.29, 0.717) is 11.6 Å². The van der Waals surface area contributed by atoms with Crippen molar-refractivity contribution in [3.63, 3.8) is 0 Å². The molecule has 1 unspecified atom stereocenters. The second-order valence-electron chi connectivity index (χ2n) is 2.73. The summed E-state index contributed by atoms with van der Waals surface area (Å²) in [6.45, 7) is -0.0367. The van der Waals surface area contributed by atoms with Crippen LogP contribution < -0.4 is 5.32 Å². The number of rotatable bonds is 3. The first-order chi connectivity index (χ1) is 7.60. The molecule has 1 amide bonds. The summed E-state index contributed by atoms with van der Waals surface area (Å²) >= 11 is 10.4. The van der Waals surface area contributed by atoms with E-state index in [-0.39, 0.29) is 12.0 Å². The van der Waals surface area contributed by atoms with E-state index in [0.717, 1.165) is 0 Å². The SMILES string of the molecule is O=C(O)Nc1ccccc1.OCC(Cl)CCl. The quantitative estimate of drug-likeness (QED) is 0.736. The predicted molar refractivity (Wildman–Crippen MR) is 65.5 cm³/mol. The molecular formula is C10H13Cl2NO3. The van der Waals surface area contributed by atoms with Crippen molar-refractivity contribution in [2.45, 2.75) is 5.38 Å². The van der Waals surface area contributed by atoms with Crippen molar-refractivity contribution in [3.8, 4) is 0 Å². The summed E-state index contributed by atoms with van der Waals surface area (Å²) < 4.78 is 0. The fraction of sp³-hybridized carbons (Fsp3) is 0.300. The number of carbonyl (C=O) groups is 1. The Balaban J connectivity index is 0.000000325. The molecule has 0 spiro atoms. The third kappa shape index (κ3) is 8.35. The molecule has 1 aromatic rings. The molecule has 0 aliphatic rings. The molecule has 1 aromatic carbocycles. The highest BCUT2D eigenvalue weighted by Crippen LogP contribution is 2.03. The second-order valence-corrected chi connectivity index (χ2v) is 3.66. The maximum Gasteiger partial charge on any atom is 0.409 e. The summed E-state index contributed by atoms with van der Waals surface area (Å²) in [5.41, 5.74) is 0.593. The molecule has 0 radical (unpaired) electrons. The Morgan fingerprint density at radius 1 is 1.38 bits per heavy atom. The minimum absolute atomic E-state index is 0.0367. The van der Waals surface area contributed by atoms with Crippen LogP contribution in [0.2, 0.25) is 0 Å².